The van der Waals surface area contributed by atoms with Crippen LogP contribution < -0.4 is 4.72 Å². The molecule has 0 bridgehead atoms. The van der Waals surface area contributed by atoms with Crippen LogP contribution in [0.2, 0.25) is 0 Å². The molecule has 1 saturated heterocycles. The van der Waals surface area contributed by atoms with Crippen molar-refractivity contribution in [2.45, 2.75) is 17.1 Å². The molecule has 2 N–H and O–H groups in total. The van der Waals surface area contributed by atoms with Gasteiger partial charge in [-0.1, -0.05) is 0 Å². The number of carboxylic acid groups (broad SMARTS) is 1. The van der Waals surface area contributed by atoms with Crippen LogP contribution in [0.3, 0.4) is 0 Å². The summed E-state index contributed by atoms with van der Waals surface area (Å²) >= 11 is 0.909. The molecule has 1 aromatic rings. The summed E-state index contributed by atoms with van der Waals surface area (Å²) in [6.07, 6.45) is 1.88. The van der Waals surface area contributed by atoms with Gasteiger partial charge in [0.05, 0.1) is 12.2 Å². The number of hydrogen-bond acceptors (Lipinski definition) is 5. The summed E-state index contributed by atoms with van der Waals surface area (Å²) in [6, 6.07) is 1.17. The fourth-order valence-electron chi connectivity index (χ4n) is 1.84. The molecule has 8 heteroatoms. The third kappa shape index (κ3) is 3.75. The van der Waals surface area contributed by atoms with Crippen molar-refractivity contribution < 1.29 is 23.1 Å². The highest BCUT2D eigenvalue weighted by molar-refractivity contribution is 7.91. The number of hydrogen-bond donors (Lipinski definition) is 2. The predicted molar refractivity (Wildman–Crippen MR) is 70.0 cm³/mol. The minimum absolute atomic E-state index is 0.00799. The van der Waals surface area contributed by atoms with E-state index in [-0.39, 0.29) is 15.7 Å². The van der Waals surface area contributed by atoms with Crippen molar-refractivity contribution in [1.29, 1.82) is 0 Å². The predicted octanol–water partition coefficient (Wildman–Crippen LogP) is 1.15. The topological polar surface area (TPSA) is 92.7 Å². The summed E-state index contributed by atoms with van der Waals surface area (Å²) in [4.78, 5) is 10.7. The van der Waals surface area contributed by atoms with Crippen molar-refractivity contribution in [3.63, 3.8) is 0 Å². The summed E-state index contributed by atoms with van der Waals surface area (Å²) in [5.41, 5.74) is -0.00799. The van der Waals surface area contributed by atoms with E-state index < -0.39 is 16.0 Å². The molecule has 0 amide bonds. The molecule has 1 aliphatic heterocycles. The first kappa shape index (κ1) is 14.4. The van der Waals surface area contributed by atoms with Gasteiger partial charge in [-0.25, -0.2) is 17.9 Å². The van der Waals surface area contributed by atoms with Crippen molar-refractivity contribution in [3.8, 4) is 0 Å². The summed E-state index contributed by atoms with van der Waals surface area (Å²) in [5.74, 6) is -0.944. The van der Waals surface area contributed by atoms with E-state index >= 15 is 0 Å². The summed E-state index contributed by atoms with van der Waals surface area (Å²) in [6.45, 7) is 1.62. The Kier molecular flexibility index (Phi) is 4.56. The van der Waals surface area contributed by atoms with Gasteiger partial charge in [-0.05, 0) is 24.8 Å². The van der Waals surface area contributed by atoms with E-state index in [2.05, 4.69) is 4.72 Å². The first-order valence-electron chi connectivity index (χ1n) is 5.88. The largest absolute Gasteiger partial charge is 0.478 e. The van der Waals surface area contributed by atoms with Crippen LogP contribution in [0, 0.1) is 5.92 Å². The molecule has 1 atom stereocenters. The van der Waals surface area contributed by atoms with Crippen LogP contribution in [-0.2, 0) is 14.8 Å². The van der Waals surface area contributed by atoms with E-state index in [0.717, 1.165) is 30.8 Å². The number of aromatic carboxylic acids is 1. The number of carboxylic acids is 1. The standard InChI is InChI=1S/C11H15NO5S2/c13-11(14)9-4-10(18-7-9)19(15,16)12-5-8-2-1-3-17-6-8/h4,7-8,12H,1-3,5-6H2,(H,13,14). The molecule has 1 unspecified atom stereocenters. The highest BCUT2D eigenvalue weighted by atomic mass is 32.2. The third-order valence-electron chi connectivity index (χ3n) is 2.90. The smallest absolute Gasteiger partial charge is 0.336 e. The summed E-state index contributed by atoms with van der Waals surface area (Å²) in [7, 11) is -3.62. The van der Waals surface area contributed by atoms with E-state index in [9.17, 15) is 13.2 Å². The average Bonchev–Trinajstić information content (AvgIpc) is 2.88. The van der Waals surface area contributed by atoms with Crippen molar-refractivity contribution in [3.05, 3.63) is 17.0 Å². The SMILES string of the molecule is O=C(O)c1csc(S(=O)(=O)NCC2CCCOC2)c1. The van der Waals surface area contributed by atoms with Crippen LogP contribution in [0.15, 0.2) is 15.7 Å². The van der Waals surface area contributed by atoms with Crippen LogP contribution in [0.5, 0.6) is 0 Å². The van der Waals surface area contributed by atoms with E-state index in [0.29, 0.717) is 13.2 Å². The van der Waals surface area contributed by atoms with Gasteiger partial charge in [0.2, 0.25) is 10.0 Å². The summed E-state index contributed by atoms with van der Waals surface area (Å²) < 4.78 is 31.8. The molecule has 6 nitrogen and oxygen atoms in total. The van der Waals surface area contributed by atoms with E-state index in [4.69, 9.17) is 9.84 Å². The Hall–Kier alpha value is -0.960. The summed E-state index contributed by atoms with van der Waals surface area (Å²) in [5, 5.41) is 10.1. The zero-order chi connectivity index (χ0) is 13.9. The van der Waals surface area contributed by atoms with Crippen molar-refractivity contribution in [2.24, 2.45) is 5.92 Å². The van der Waals surface area contributed by atoms with Crippen LogP contribution in [0.25, 0.3) is 0 Å². The first-order chi connectivity index (χ1) is 8.99. The highest BCUT2D eigenvalue weighted by Gasteiger charge is 2.21. The number of ether oxygens (including phenoxy) is 1. The molecule has 0 aliphatic carbocycles. The Morgan fingerprint density at radius 2 is 2.37 bits per heavy atom. The number of sulfonamides is 1. The molecule has 2 rings (SSSR count). The van der Waals surface area contributed by atoms with Gasteiger partial charge >= 0.3 is 5.97 Å². The van der Waals surface area contributed by atoms with Gasteiger partial charge in [-0.2, -0.15) is 0 Å². The molecule has 0 aromatic carbocycles. The lowest BCUT2D eigenvalue weighted by molar-refractivity contribution is 0.0568. The van der Waals surface area contributed by atoms with Gasteiger partial charge in [-0.3, -0.25) is 0 Å². The maximum atomic E-state index is 12.0. The molecule has 106 valence electrons. The quantitative estimate of drug-likeness (QED) is 0.851. The Morgan fingerprint density at radius 3 is 2.95 bits per heavy atom. The lowest BCUT2D eigenvalue weighted by Gasteiger charge is -2.21. The Balaban J connectivity index is 1.98. The fourth-order valence-corrected chi connectivity index (χ4v) is 4.15. The van der Waals surface area contributed by atoms with Gasteiger partial charge < -0.3 is 9.84 Å². The second-order valence-corrected chi connectivity index (χ2v) is 7.30. The van der Waals surface area contributed by atoms with Gasteiger partial charge in [-0.15, -0.1) is 11.3 Å². The monoisotopic (exact) mass is 305 g/mol. The Morgan fingerprint density at radius 1 is 1.58 bits per heavy atom. The molecular formula is C11H15NO5S2. The minimum Gasteiger partial charge on any atom is -0.478 e. The lowest BCUT2D eigenvalue weighted by atomic mass is 10.0. The van der Waals surface area contributed by atoms with Gasteiger partial charge in [0.15, 0.2) is 0 Å². The highest BCUT2D eigenvalue weighted by Crippen LogP contribution is 2.21. The molecule has 1 aromatic heterocycles. The molecule has 1 aliphatic rings. The molecule has 0 radical (unpaired) electrons. The van der Waals surface area contributed by atoms with E-state index in [1.54, 1.807) is 0 Å². The molecule has 1 fully saturated rings. The molecule has 2 heterocycles. The molecule has 0 saturated carbocycles. The zero-order valence-electron chi connectivity index (χ0n) is 10.2. The molecule has 0 spiro atoms. The molecule has 19 heavy (non-hydrogen) atoms. The first-order valence-corrected chi connectivity index (χ1v) is 8.24. The lowest BCUT2D eigenvalue weighted by Crippen LogP contribution is -2.32. The van der Waals surface area contributed by atoms with Crippen molar-refractivity contribution in [1.82, 2.24) is 4.72 Å². The van der Waals surface area contributed by atoms with Gasteiger partial charge in [0, 0.05) is 18.5 Å². The van der Waals surface area contributed by atoms with E-state index in [1.807, 2.05) is 0 Å². The van der Waals surface area contributed by atoms with Gasteiger partial charge in [0.1, 0.15) is 4.21 Å². The fraction of sp³-hybridized carbons (Fsp3) is 0.545. The van der Waals surface area contributed by atoms with Crippen molar-refractivity contribution in [2.75, 3.05) is 19.8 Å². The average molecular weight is 305 g/mol. The van der Waals surface area contributed by atoms with E-state index in [1.165, 1.54) is 11.4 Å². The number of carbonyl (C=O) groups is 1. The second kappa shape index (κ2) is 6.00. The maximum Gasteiger partial charge on any atom is 0.336 e. The van der Waals surface area contributed by atoms with Crippen LogP contribution in [0.1, 0.15) is 23.2 Å². The van der Waals surface area contributed by atoms with Crippen LogP contribution in [0.4, 0.5) is 0 Å². The third-order valence-corrected chi connectivity index (χ3v) is 5.77. The minimum atomic E-state index is -3.62. The normalized spacial score (nSPS) is 20.3. The zero-order valence-corrected chi connectivity index (χ0v) is 11.8. The van der Waals surface area contributed by atoms with Gasteiger partial charge in [0.25, 0.3) is 0 Å². The number of nitrogens with one attached hydrogen (secondary N) is 1. The molecular weight excluding hydrogens is 290 g/mol. The van der Waals surface area contributed by atoms with Crippen molar-refractivity contribution >= 4 is 27.3 Å². The number of thiophene rings is 1. The maximum absolute atomic E-state index is 12.0. The Bertz CT molecular complexity index is 545. The van der Waals surface area contributed by atoms with Crippen LogP contribution >= 0.6 is 11.3 Å². The second-order valence-electron chi connectivity index (χ2n) is 4.39. The number of rotatable bonds is 5. The van der Waals surface area contributed by atoms with Crippen LogP contribution in [-0.4, -0.2) is 39.3 Å². The Labute approximate surface area is 115 Å².